The fourth-order valence-corrected chi connectivity index (χ4v) is 5.77. The zero-order valence-corrected chi connectivity index (χ0v) is 27.6. The largest absolute Gasteiger partial charge is 0.508 e. The number of nitrogens with zero attached hydrogens (tertiary/aromatic N) is 3. The van der Waals surface area contributed by atoms with E-state index in [1.165, 1.54) is 6.20 Å². The minimum absolute atomic E-state index is 0.00797. The molecule has 4 aromatic rings. The van der Waals surface area contributed by atoms with Crippen LogP contribution in [0.2, 0.25) is 0 Å². The number of ether oxygens (including phenoxy) is 2. The Balaban J connectivity index is 1.31. The average molecular weight is 716 g/mol. The highest BCUT2D eigenvalue weighted by atomic mass is 16.6. The highest BCUT2D eigenvalue weighted by Gasteiger charge is 2.56. The summed E-state index contributed by atoms with van der Waals surface area (Å²) in [6, 6.07) is 18.8. The van der Waals surface area contributed by atoms with Gasteiger partial charge in [0.15, 0.2) is 0 Å². The molecular formula is C36H37N5O11. The van der Waals surface area contributed by atoms with Crippen molar-refractivity contribution in [2.24, 2.45) is 0 Å². The summed E-state index contributed by atoms with van der Waals surface area (Å²) >= 11 is 0. The molecule has 1 aromatic heterocycles. The Morgan fingerprint density at radius 1 is 1.04 bits per heavy atom. The number of aromatic hydroxyl groups is 1. The second kappa shape index (κ2) is 16.5. The van der Waals surface area contributed by atoms with Gasteiger partial charge in [-0.25, -0.2) is 9.48 Å². The Kier molecular flexibility index (Phi) is 11.8. The molecule has 1 aliphatic heterocycles. The van der Waals surface area contributed by atoms with Crippen LogP contribution in [-0.2, 0) is 31.3 Å². The Morgan fingerprint density at radius 2 is 1.73 bits per heavy atom. The van der Waals surface area contributed by atoms with Gasteiger partial charge in [0.25, 0.3) is 5.72 Å². The monoisotopic (exact) mass is 715 g/mol. The number of aliphatic hydroxyl groups is 4. The molecule has 5 rings (SSSR count). The van der Waals surface area contributed by atoms with Crippen molar-refractivity contribution in [2.45, 2.75) is 49.0 Å². The molecule has 52 heavy (non-hydrogen) atoms. The molecule has 2 heterocycles. The molecule has 0 bridgehead atoms. The predicted octanol–water partition coefficient (Wildman–Crippen LogP) is -0.225. The number of nitrogens with one attached hydrogen (secondary N) is 2. The molecule has 1 saturated heterocycles. The summed E-state index contributed by atoms with van der Waals surface area (Å²) in [5.41, 5.74) is 0.536. The Morgan fingerprint density at radius 3 is 2.38 bits per heavy atom. The normalized spacial score (nSPS) is 20.9. The van der Waals surface area contributed by atoms with E-state index in [4.69, 9.17) is 15.9 Å². The topological polar surface area (TPSA) is 246 Å². The van der Waals surface area contributed by atoms with Gasteiger partial charge in [0.05, 0.1) is 30.9 Å². The average Bonchev–Trinajstić information content (AvgIpc) is 3.65. The van der Waals surface area contributed by atoms with Crippen molar-refractivity contribution < 1.29 is 54.5 Å². The first kappa shape index (κ1) is 37.4. The number of amides is 2. The summed E-state index contributed by atoms with van der Waals surface area (Å²) < 4.78 is 12.2. The van der Waals surface area contributed by atoms with Gasteiger partial charge in [-0.05, 0) is 41.0 Å². The molecule has 1 aliphatic rings. The number of carboxylic acids is 1. The molecule has 0 aliphatic carbocycles. The number of aliphatic hydroxyl groups excluding tert-OH is 4. The summed E-state index contributed by atoms with van der Waals surface area (Å²) in [6.45, 7) is -1.51. The summed E-state index contributed by atoms with van der Waals surface area (Å²) in [4.78, 5) is 37.8. The molecule has 0 saturated carbocycles. The number of hydrogen-bond donors (Lipinski definition) is 8. The number of carbonyl (C=O) groups is 3. The number of aliphatic carboxylic acids is 1. The summed E-state index contributed by atoms with van der Waals surface area (Å²) in [6.07, 6.45) is -1.57. The van der Waals surface area contributed by atoms with Crippen LogP contribution in [0.25, 0.3) is 22.4 Å². The van der Waals surface area contributed by atoms with Gasteiger partial charge < -0.3 is 50.7 Å². The second-order valence-electron chi connectivity index (χ2n) is 12.0. The lowest BCUT2D eigenvalue weighted by Gasteiger charge is -2.46. The molecular weight excluding hydrogens is 678 g/mol. The van der Waals surface area contributed by atoms with E-state index >= 15 is 0 Å². The third-order valence-electron chi connectivity index (χ3n) is 8.46. The molecule has 0 spiro atoms. The lowest BCUT2D eigenvalue weighted by Crippen LogP contribution is -2.68. The van der Waals surface area contributed by atoms with Crippen molar-refractivity contribution in [3.63, 3.8) is 0 Å². The summed E-state index contributed by atoms with van der Waals surface area (Å²) in [5.74, 6) is -0.222. The highest BCUT2D eigenvalue weighted by Crippen LogP contribution is 2.37. The zero-order chi connectivity index (χ0) is 37.4. The van der Waals surface area contributed by atoms with E-state index < -0.39 is 73.5 Å². The second-order valence-corrected chi connectivity index (χ2v) is 12.0. The van der Waals surface area contributed by atoms with Crippen molar-refractivity contribution in [2.75, 3.05) is 19.8 Å². The summed E-state index contributed by atoms with van der Waals surface area (Å²) in [5, 5.41) is 75.5. The molecule has 272 valence electrons. The van der Waals surface area contributed by atoms with Crippen LogP contribution in [0.5, 0.6) is 11.5 Å². The SMILES string of the molecule is C#CCOc1cccc(-c2cn([C@]3(C(=O)O)C[C@H](O)[C@@H](NC(=O)CO)[C@H]([C@H](O)[C@H](O)CNC(=O)Cc4ccc(-c5ccc(O)cc5)cc4)O3)nn2)c1. The number of phenolic OH excluding ortho intramolecular Hbond substituents is 1. The minimum Gasteiger partial charge on any atom is -0.508 e. The number of benzene rings is 3. The number of carbonyl (C=O) groups excluding carboxylic acids is 2. The van der Waals surface area contributed by atoms with Crippen LogP contribution in [0, 0.1) is 12.3 Å². The van der Waals surface area contributed by atoms with Crippen molar-refractivity contribution in [1.29, 1.82) is 0 Å². The zero-order valence-electron chi connectivity index (χ0n) is 27.6. The van der Waals surface area contributed by atoms with E-state index in [1.807, 2.05) is 0 Å². The van der Waals surface area contributed by atoms with Crippen LogP contribution in [0.3, 0.4) is 0 Å². The first-order chi connectivity index (χ1) is 24.9. The molecule has 6 atom stereocenters. The molecule has 0 radical (unpaired) electrons. The number of terminal acetylenes is 1. The first-order valence-corrected chi connectivity index (χ1v) is 16.0. The van der Waals surface area contributed by atoms with E-state index in [9.17, 15) is 45.0 Å². The van der Waals surface area contributed by atoms with Crippen LogP contribution >= 0.6 is 0 Å². The van der Waals surface area contributed by atoms with E-state index in [-0.39, 0.29) is 24.5 Å². The number of carboxylic acid groups (broad SMARTS) is 1. The van der Waals surface area contributed by atoms with Crippen LogP contribution < -0.4 is 15.4 Å². The quantitative estimate of drug-likeness (QED) is 0.0788. The van der Waals surface area contributed by atoms with Gasteiger partial charge in [-0.1, -0.05) is 59.7 Å². The molecule has 2 amide bonds. The highest BCUT2D eigenvalue weighted by molar-refractivity contribution is 5.79. The fraction of sp³-hybridized carbons (Fsp3) is 0.306. The third-order valence-corrected chi connectivity index (χ3v) is 8.46. The Labute approximate surface area is 297 Å². The van der Waals surface area contributed by atoms with E-state index in [2.05, 4.69) is 26.9 Å². The Hall–Kier alpha value is -5.83. The number of hydrogen-bond acceptors (Lipinski definition) is 12. The van der Waals surface area contributed by atoms with Crippen LogP contribution in [0.15, 0.2) is 79.0 Å². The number of rotatable bonds is 14. The van der Waals surface area contributed by atoms with Gasteiger partial charge in [0.2, 0.25) is 11.8 Å². The smallest absolute Gasteiger partial charge is 0.359 e. The maximum Gasteiger partial charge on any atom is 0.359 e. The van der Waals surface area contributed by atoms with Crippen LogP contribution in [0.1, 0.15) is 12.0 Å². The third kappa shape index (κ3) is 8.54. The van der Waals surface area contributed by atoms with Gasteiger partial charge in [-0.3, -0.25) is 9.59 Å². The van der Waals surface area contributed by atoms with E-state index in [1.54, 1.807) is 72.8 Å². The summed E-state index contributed by atoms with van der Waals surface area (Å²) in [7, 11) is 0. The van der Waals surface area contributed by atoms with Gasteiger partial charge in [-0.15, -0.1) is 11.5 Å². The molecule has 0 unspecified atom stereocenters. The van der Waals surface area contributed by atoms with Crippen molar-refractivity contribution in [3.8, 4) is 46.2 Å². The van der Waals surface area contributed by atoms with Gasteiger partial charge in [-0.2, -0.15) is 0 Å². The lowest BCUT2D eigenvalue weighted by atomic mass is 9.87. The fourth-order valence-electron chi connectivity index (χ4n) is 5.77. The van der Waals surface area contributed by atoms with Gasteiger partial charge in [0, 0.05) is 18.5 Å². The molecule has 16 heteroatoms. The molecule has 8 N–H and O–H groups in total. The Bertz CT molecular complexity index is 1910. The van der Waals surface area contributed by atoms with E-state index in [0.29, 0.717) is 16.9 Å². The standard InChI is InChI=1S/C36H37N5O11/c1-2-14-51-26-5-3-4-24(16-26)27-19-41(40-39-27)36(35(49)50)17-28(44)32(38-31(47)20-42)34(52-36)33(48)29(45)18-37-30(46)15-21-6-8-22(9-7-21)23-10-12-25(43)13-11-23/h1,3-13,16,19,28-29,32-34,42-45,48H,14-15,17-18,20H2,(H,37,46)(H,38,47)(H,49,50)/t28-,29+,32+,33+,34+,36+/m0/s1. The molecule has 16 nitrogen and oxygen atoms in total. The maximum atomic E-state index is 12.9. The van der Waals surface area contributed by atoms with Crippen LogP contribution in [0.4, 0.5) is 0 Å². The van der Waals surface area contributed by atoms with Gasteiger partial charge >= 0.3 is 5.97 Å². The molecule has 3 aromatic carbocycles. The van der Waals surface area contributed by atoms with Gasteiger partial charge in [0.1, 0.15) is 42.6 Å². The number of phenols is 1. The lowest BCUT2D eigenvalue weighted by molar-refractivity contribution is -0.257. The van der Waals surface area contributed by atoms with Crippen molar-refractivity contribution in [3.05, 3.63) is 84.6 Å². The van der Waals surface area contributed by atoms with Crippen molar-refractivity contribution in [1.82, 2.24) is 25.6 Å². The predicted molar refractivity (Wildman–Crippen MR) is 182 cm³/mol. The van der Waals surface area contributed by atoms with Crippen LogP contribution in [-0.4, -0.2) is 114 Å². The van der Waals surface area contributed by atoms with Crippen molar-refractivity contribution >= 4 is 17.8 Å². The maximum absolute atomic E-state index is 12.9. The number of aromatic nitrogens is 3. The minimum atomic E-state index is -2.50. The molecule has 1 fully saturated rings. The van der Waals surface area contributed by atoms with E-state index in [0.717, 1.165) is 15.8 Å². The first-order valence-electron chi connectivity index (χ1n) is 16.0.